The number of halogens is 2. The molecule has 3 N–H and O–H groups in total. The van der Waals surface area contributed by atoms with E-state index in [4.69, 9.17) is 38.4 Å². The summed E-state index contributed by atoms with van der Waals surface area (Å²) in [5.74, 6) is -0.841. The van der Waals surface area contributed by atoms with Gasteiger partial charge in [-0.2, -0.15) is 0 Å². The van der Waals surface area contributed by atoms with Gasteiger partial charge in [0, 0.05) is 35.8 Å². The molecule has 180 valence electrons. The number of carbonyl (C=O) groups excluding carboxylic acids is 1. The third kappa shape index (κ3) is 5.42. The van der Waals surface area contributed by atoms with Crippen LogP contribution in [0.15, 0.2) is 48.9 Å². The second-order valence-corrected chi connectivity index (χ2v) is 7.84. The number of pyridine rings is 1. The Bertz CT molecular complexity index is 1380. The van der Waals surface area contributed by atoms with Gasteiger partial charge in [0.2, 0.25) is 0 Å². The second-order valence-electron chi connectivity index (χ2n) is 7.09. The molecule has 0 saturated carbocycles. The topological polar surface area (TPSA) is 138 Å². The van der Waals surface area contributed by atoms with Gasteiger partial charge in [-0.25, -0.2) is 4.79 Å². The highest BCUT2D eigenvalue weighted by molar-refractivity contribution is 6.41. The number of rotatable bonds is 5. The summed E-state index contributed by atoms with van der Waals surface area (Å²) >= 11 is 12.9. The molecule has 2 aromatic heterocycles. The first-order chi connectivity index (χ1) is 16.7. The zero-order chi connectivity index (χ0) is 25.7. The molecule has 0 aliphatic rings. The molecule has 9 nitrogen and oxygen atoms in total. The molecule has 2 heterocycles. The fraction of sp³-hybridized carbons (Fsp3) is 0.125. The standard InChI is InChI=1S/C17H12Cl2N2O4.C7H8N2O/c1-24-10-7-11(25-2)14(19)12(13(10)18)8-3-4-9(17(22)23)16-15(8)20-5-6-21-16;1-5-2-3-6(7(8)10)9-4-5/h3-7H,1-2H3,(H,22,23);2-4H,1H3,(H2,8,10). The maximum Gasteiger partial charge on any atom is 0.337 e. The number of aryl methyl sites for hydroxylation is 1. The number of ether oxygens (including phenoxy) is 2. The van der Waals surface area contributed by atoms with Gasteiger partial charge in [0.05, 0.1) is 35.3 Å². The van der Waals surface area contributed by atoms with E-state index in [1.807, 2.05) is 6.92 Å². The van der Waals surface area contributed by atoms with Crippen molar-refractivity contribution in [2.24, 2.45) is 5.73 Å². The molecule has 11 heteroatoms. The first kappa shape index (κ1) is 25.7. The van der Waals surface area contributed by atoms with Crippen molar-refractivity contribution in [2.75, 3.05) is 14.2 Å². The summed E-state index contributed by atoms with van der Waals surface area (Å²) in [5.41, 5.74) is 7.89. The molecular formula is C24H20Cl2N4O5. The lowest BCUT2D eigenvalue weighted by Gasteiger charge is -2.16. The van der Waals surface area contributed by atoms with Gasteiger partial charge in [0.1, 0.15) is 22.7 Å². The third-order valence-corrected chi connectivity index (χ3v) is 5.61. The fourth-order valence-corrected chi connectivity index (χ4v) is 3.87. The van der Waals surface area contributed by atoms with Crippen molar-refractivity contribution in [2.45, 2.75) is 6.92 Å². The summed E-state index contributed by atoms with van der Waals surface area (Å²) in [6.45, 7) is 1.90. The van der Waals surface area contributed by atoms with Crippen molar-refractivity contribution >= 4 is 46.1 Å². The molecule has 4 aromatic rings. The SMILES string of the molecule is COc1cc(OC)c(Cl)c(-c2ccc(C(=O)O)c3nccnc23)c1Cl.Cc1ccc(C(N)=O)nc1. The van der Waals surface area contributed by atoms with E-state index in [1.165, 1.54) is 32.7 Å². The number of nitrogens with two attached hydrogens (primary N) is 1. The Morgan fingerprint density at radius 2 is 1.51 bits per heavy atom. The number of carbonyl (C=O) groups is 2. The van der Waals surface area contributed by atoms with E-state index in [2.05, 4.69) is 15.0 Å². The van der Waals surface area contributed by atoms with E-state index in [-0.39, 0.29) is 21.1 Å². The quantitative estimate of drug-likeness (QED) is 0.386. The number of primary amides is 1. The fourth-order valence-electron chi connectivity index (χ4n) is 3.17. The highest BCUT2D eigenvalue weighted by Crippen LogP contribution is 2.47. The average molecular weight is 515 g/mol. The minimum Gasteiger partial charge on any atom is -0.495 e. The van der Waals surface area contributed by atoms with Gasteiger partial charge in [0.25, 0.3) is 5.91 Å². The summed E-state index contributed by atoms with van der Waals surface area (Å²) in [5, 5.41) is 9.89. The molecule has 0 aliphatic carbocycles. The number of hydrogen-bond acceptors (Lipinski definition) is 7. The molecule has 0 unspecified atom stereocenters. The van der Waals surface area contributed by atoms with Gasteiger partial charge in [-0.3, -0.25) is 19.7 Å². The van der Waals surface area contributed by atoms with Crippen LogP contribution in [0.2, 0.25) is 10.0 Å². The van der Waals surface area contributed by atoms with Gasteiger partial charge >= 0.3 is 5.97 Å². The molecule has 0 spiro atoms. The molecule has 0 bridgehead atoms. The maximum absolute atomic E-state index is 11.4. The van der Waals surface area contributed by atoms with Crippen LogP contribution in [-0.2, 0) is 0 Å². The second kappa shape index (κ2) is 11.0. The van der Waals surface area contributed by atoms with Crippen LogP contribution in [0.5, 0.6) is 11.5 Å². The lowest BCUT2D eigenvalue weighted by molar-refractivity contribution is 0.0698. The van der Waals surface area contributed by atoms with E-state index < -0.39 is 11.9 Å². The molecule has 0 radical (unpaired) electrons. The molecule has 0 saturated heterocycles. The molecule has 1 amide bonds. The zero-order valence-corrected chi connectivity index (χ0v) is 20.4. The third-order valence-electron chi connectivity index (χ3n) is 4.86. The Morgan fingerprint density at radius 3 is 2.00 bits per heavy atom. The highest BCUT2D eigenvalue weighted by Gasteiger charge is 2.22. The molecule has 0 aliphatic heterocycles. The first-order valence-electron chi connectivity index (χ1n) is 9.99. The largest absolute Gasteiger partial charge is 0.495 e. The van der Waals surface area contributed by atoms with Gasteiger partial charge in [-0.15, -0.1) is 0 Å². The van der Waals surface area contributed by atoms with Gasteiger partial charge < -0.3 is 20.3 Å². The number of carboxylic acids is 1. The number of amides is 1. The predicted molar refractivity (Wildman–Crippen MR) is 133 cm³/mol. The van der Waals surface area contributed by atoms with Crippen molar-refractivity contribution in [1.29, 1.82) is 0 Å². The minimum absolute atomic E-state index is 0.0361. The number of aromatic nitrogens is 3. The van der Waals surface area contributed by atoms with Crippen LogP contribution in [0.25, 0.3) is 22.2 Å². The van der Waals surface area contributed by atoms with E-state index >= 15 is 0 Å². The van der Waals surface area contributed by atoms with E-state index in [1.54, 1.807) is 30.5 Å². The Balaban J connectivity index is 0.000000287. The monoisotopic (exact) mass is 514 g/mol. The summed E-state index contributed by atoms with van der Waals surface area (Å²) in [6, 6.07) is 8.01. The van der Waals surface area contributed by atoms with Crippen LogP contribution in [0.3, 0.4) is 0 Å². The summed E-state index contributed by atoms with van der Waals surface area (Å²) in [7, 11) is 2.95. The van der Waals surface area contributed by atoms with Crippen LogP contribution in [0.1, 0.15) is 26.4 Å². The normalized spacial score (nSPS) is 10.3. The number of hydrogen-bond donors (Lipinski definition) is 2. The van der Waals surface area contributed by atoms with Crippen LogP contribution in [0, 0.1) is 6.92 Å². The Kier molecular flexibility index (Phi) is 8.06. The van der Waals surface area contributed by atoms with Gasteiger partial charge in [-0.1, -0.05) is 35.3 Å². The number of carboxylic acid groups (broad SMARTS) is 1. The number of methoxy groups -OCH3 is 2. The van der Waals surface area contributed by atoms with Crippen LogP contribution >= 0.6 is 23.2 Å². The summed E-state index contributed by atoms with van der Waals surface area (Å²) < 4.78 is 10.6. The average Bonchev–Trinajstić information content (AvgIpc) is 2.85. The lowest BCUT2D eigenvalue weighted by atomic mass is 10.00. The number of fused-ring (bicyclic) bond motifs is 1. The summed E-state index contributed by atoms with van der Waals surface area (Å²) in [6.07, 6.45) is 4.50. The lowest BCUT2D eigenvalue weighted by Crippen LogP contribution is -2.12. The molecule has 0 atom stereocenters. The van der Waals surface area contributed by atoms with Gasteiger partial charge in [0.15, 0.2) is 0 Å². The number of aromatic carboxylic acids is 1. The Labute approximate surface area is 210 Å². The molecule has 35 heavy (non-hydrogen) atoms. The van der Waals surface area contributed by atoms with Crippen molar-refractivity contribution in [3.63, 3.8) is 0 Å². The Morgan fingerprint density at radius 1 is 0.914 bits per heavy atom. The smallest absolute Gasteiger partial charge is 0.337 e. The molecule has 0 fully saturated rings. The van der Waals surface area contributed by atoms with Crippen molar-refractivity contribution in [3.8, 4) is 22.6 Å². The van der Waals surface area contributed by atoms with Gasteiger partial charge in [-0.05, 0) is 24.6 Å². The number of benzene rings is 2. The summed E-state index contributed by atoms with van der Waals surface area (Å²) in [4.78, 5) is 34.1. The van der Waals surface area contributed by atoms with Crippen molar-refractivity contribution in [3.05, 3.63) is 75.8 Å². The highest BCUT2D eigenvalue weighted by atomic mass is 35.5. The minimum atomic E-state index is -1.10. The molecule has 2 aromatic carbocycles. The predicted octanol–water partition coefficient (Wildman–Crippen LogP) is 4.81. The molecular weight excluding hydrogens is 495 g/mol. The zero-order valence-electron chi connectivity index (χ0n) is 18.9. The van der Waals surface area contributed by atoms with E-state index in [9.17, 15) is 14.7 Å². The first-order valence-corrected chi connectivity index (χ1v) is 10.7. The van der Waals surface area contributed by atoms with Crippen molar-refractivity contribution < 1.29 is 24.2 Å². The van der Waals surface area contributed by atoms with Crippen molar-refractivity contribution in [1.82, 2.24) is 15.0 Å². The molecule has 4 rings (SSSR count). The van der Waals surface area contributed by atoms with E-state index in [0.29, 0.717) is 33.8 Å². The van der Waals surface area contributed by atoms with E-state index in [0.717, 1.165) is 5.56 Å². The van der Waals surface area contributed by atoms with Crippen LogP contribution in [-0.4, -0.2) is 46.2 Å². The number of nitrogens with zero attached hydrogens (tertiary/aromatic N) is 3. The Hall–Kier alpha value is -3.95. The van der Waals surface area contributed by atoms with Crippen LogP contribution < -0.4 is 15.2 Å². The maximum atomic E-state index is 11.4. The van der Waals surface area contributed by atoms with Crippen LogP contribution in [0.4, 0.5) is 0 Å².